The van der Waals surface area contributed by atoms with Crippen LogP contribution in [-0.4, -0.2) is 23.0 Å². The number of pyridine rings is 3. The van der Waals surface area contributed by atoms with Crippen LogP contribution in [0.4, 0.5) is 0 Å². The maximum absolute atomic E-state index is 8.75. The van der Waals surface area contributed by atoms with E-state index in [4.69, 9.17) is 13.5 Å². The van der Waals surface area contributed by atoms with Gasteiger partial charge in [-0.2, -0.15) is 0 Å². The fourth-order valence-electron chi connectivity index (χ4n) is 5.72. The van der Waals surface area contributed by atoms with Crippen LogP contribution in [0.2, 0.25) is 19.6 Å². The fourth-order valence-corrected chi connectivity index (χ4v) is 7.12. The molecule has 50 heavy (non-hydrogen) atoms. The molecular weight excluding hydrogens is 807 g/mol. The van der Waals surface area contributed by atoms with Crippen LogP contribution in [-0.2, 0) is 26.5 Å². The third-order valence-corrected chi connectivity index (χ3v) is 10.2. The molecule has 0 fully saturated rings. The van der Waals surface area contributed by atoms with Gasteiger partial charge in [-0.1, -0.05) is 119 Å². The summed E-state index contributed by atoms with van der Waals surface area (Å²) in [4.78, 5) is 13.9. The third-order valence-electron chi connectivity index (χ3n) is 8.17. The van der Waals surface area contributed by atoms with Crippen LogP contribution in [0.15, 0.2) is 114 Å². The Labute approximate surface area is 316 Å². The van der Waals surface area contributed by atoms with Gasteiger partial charge in [0.2, 0.25) is 5.71 Å². The van der Waals surface area contributed by atoms with Crippen LogP contribution in [0.1, 0.15) is 55.8 Å². The summed E-state index contributed by atoms with van der Waals surface area (Å²) in [5.41, 5.74) is 7.65. The predicted molar refractivity (Wildman–Crippen MR) is 208 cm³/mol. The van der Waals surface area contributed by atoms with Gasteiger partial charge in [-0.25, -0.2) is 4.98 Å². The summed E-state index contributed by atoms with van der Waals surface area (Å²) >= 11 is 0. The van der Waals surface area contributed by atoms with Gasteiger partial charge in [0.15, 0.2) is 0 Å². The summed E-state index contributed by atoms with van der Waals surface area (Å²) in [7, 11) is -1.70. The van der Waals surface area contributed by atoms with E-state index in [0.717, 1.165) is 60.9 Å². The molecule has 3 aromatic carbocycles. The van der Waals surface area contributed by atoms with E-state index in [2.05, 4.69) is 47.8 Å². The Morgan fingerprint density at radius 1 is 0.820 bits per heavy atom. The fraction of sp³-hybridized carbons (Fsp3) is 0.250. The van der Waals surface area contributed by atoms with Gasteiger partial charge in [-0.15, -0.1) is 54.1 Å². The second-order valence-electron chi connectivity index (χ2n) is 14.6. The summed E-state index contributed by atoms with van der Waals surface area (Å²) in [6, 6.07) is 37.9. The topological polar surface area (TPSA) is 51.8 Å². The SMILES string of the molecule is [2H]C(C)(C)c1ccnc(-c2[c-]ccc3c2oc2nc(-c4ccccc4)ccc23)c1.[2H]C([2H])(c1cc(-c2[c-]cccc2)ncc1[Si](C)(C)C)C(C)(C)C.[Ir]. The van der Waals surface area contributed by atoms with Gasteiger partial charge < -0.3 is 14.4 Å². The smallest absolute Gasteiger partial charge is 0.216 e. The van der Waals surface area contributed by atoms with E-state index in [1.807, 2.05) is 132 Å². The van der Waals surface area contributed by atoms with Crippen molar-refractivity contribution >= 4 is 35.3 Å². The van der Waals surface area contributed by atoms with E-state index in [1.165, 1.54) is 0 Å². The van der Waals surface area contributed by atoms with Crippen molar-refractivity contribution < 1.29 is 28.6 Å². The molecule has 4 aromatic heterocycles. The van der Waals surface area contributed by atoms with Crippen LogP contribution >= 0.6 is 0 Å². The average Bonchev–Trinajstić information content (AvgIpc) is 3.49. The summed E-state index contributed by atoms with van der Waals surface area (Å²) in [5, 5.41) is 3.04. The van der Waals surface area contributed by atoms with E-state index in [0.29, 0.717) is 11.3 Å². The molecule has 0 aliphatic rings. The molecule has 4 nitrogen and oxygen atoms in total. The number of nitrogens with zero attached hydrogens (tertiary/aromatic N) is 3. The Bertz CT molecular complexity index is 2340. The Morgan fingerprint density at radius 3 is 2.26 bits per heavy atom. The first-order valence-electron chi connectivity index (χ1n) is 18.2. The van der Waals surface area contributed by atoms with E-state index in [9.17, 15) is 0 Å². The average molecular weight is 855 g/mol. The molecule has 0 bridgehead atoms. The molecule has 0 N–H and O–H groups in total. The van der Waals surface area contributed by atoms with E-state index < -0.39 is 25.8 Å². The van der Waals surface area contributed by atoms with Gasteiger partial charge in [-0.05, 0) is 52.5 Å². The molecule has 7 aromatic rings. The summed E-state index contributed by atoms with van der Waals surface area (Å²) in [6.07, 6.45) is 2.21. The van der Waals surface area contributed by atoms with Crippen LogP contribution in [0.5, 0.6) is 0 Å². The van der Waals surface area contributed by atoms with Crippen molar-refractivity contribution in [2.45, 2.75) is 66.5 Å². The quantitative estimate of drug-likeness (QED) is 0.124. The van der Waals surface area contributed by atoms with Crippen molar-refractivity contribution in [1.29, 1.82) is 0 Å². The van der Waals surface area contributed by atoms with Crippen LogP contribution < -0.4 is 5.19 Å². The number of furan rings is 1. The number of aromatic nitrogens is 3. The van der Waals surface area contributed by atoms with Crippen LogP contribution in [0.3, 0.4) is 0 Å². The van der Waals surface area contributed by atoms with Gasteiger partial charge in [0.05, 0.1) is 19.4 Å². The molecule has 0 amide bonds. The Morgan fingerprint density at radius 2 is 1.58 bits per heavy atom. The number of rotatable bonds is 6. The zero-order valence-corrected chi connectivity index (χ0v) is 33.4. The minimum Gasteiger partial charge on any atom is -0.486 e. The monoisotopic (exact) mass is 855 g/mol. The first kappa shape index (κ1) is 33.0. The number of hydrogen-bond donors (Lipinski definition) is 0. The molecule has 1 radical (unpaired) electrons. The van der Waals surface area contributed by atoms with Gasteiger partial charge >= 0.3 is 0 Å². The molecule has 0 saturated heterocycles. The zero-order valence-electron chi connectivity index (χ0n) is 33.0. The number of fused-ring (bicyclic) bond motifs is 3. The molecule has 257 valence electrons. The first-order chi connectivity index (χ1) is 24.4. The minimum absolute atomic E-state index is 0. The molecular formula is C44H45IrN3OSi-2. The molecule has 7 rings (SSSR count). The van der Waals surface area contributed by atoms with E-state index >= 15 is 0 Å². The molecule has 0 atom stereocenters. The zero-order chi connectivity index (χ0) is 37.5. The van der Waals surface area contributed by atoms with Crippen molar-refractivity contribution in [3.05, 3.63) is 133 Å². The molecule has 0 aliphatic carbocycles. The van der Waals surface area contributed by atoms with E-state index in [-0.39, 0.29) is 20.1 Å². The van der Waals surface area contributed by atoms with Gasteiger partial charge in [0.1, 0.15) is 0 Å². The maximum atomic E-state index is 8.75. The predicted octanol–water partition coefficient (Wildman–Crippen LogP) is 11.3. The standard InChI is InChI=1S/C25H19N2O.C19H26NSi.Ir/c1-16(2)18-13-14-26-23(15-18)21-10-6-9-19-20-11-12-22(17-7-4-3-5-8-17)27-25(20)28-24(19)21;1-19(2,3)13-16-12-17(15-10-8-7-9-11-15)20-14-18(16)21(4,5)6;/h3-9,11-16H,1-2H3;7-10,12,14H,13H2,1-6H3;/q2*-1;/i16D;13D2;. The Kier molecular flexibility index (Phi) is 10.1. The normalized spacial score (nSPS) is 13.1. The van der Waals surface area contributed by atoms with E-state index in [1.54, 1.807) is 6.20 Å². The largest absolute Gasteiger partial charge is 0.486 e. The first-order valence-corrected chi connectivity index (χ1v) is 20.2. The van der Waals surface area contributed by atoms with Gasteiger partial charge in [0.25, 0.3) is 0 Å². The van der Waals surface area contributed by atoms with Crippen LogP contribution in [0, 0.1) is 17.5 Å². The Hall–Kier alpha value is -4.22. The summed E-state index contributed by atoms with van der Waals surface area (Å²) in [5.74, 6) is -0.703. The summed E-state index contributed by atoms with van der Waals surface area (Å²) < 4.78 is 32.0. The van der Waals surface area contributed by atoms with Gasteiger partial charge in [-0.3, -0.25) is 0 Å². The van der Waals surface area contributed by atoms with Gasteiger partial charge in [0, 0.05) is 47.6 Å². The summed E-state index contributed by atoms with van der Waals surface area (Å²) in [6.45, 7) is 16.3. The second kappa shape index (κ2) is 15.3. The van der Waals surface area contributed by atoms with Crippen molar-refractivity contribution in [2.24, 2.45) is 5.41 Å². The number of benzene rings is 3. The van der Waals surface area contributed by atoms with Crippen molar-refractivity contribution in [1.82, 2.24) is 15.0 Å². The molecule has 4 heterocycles. The third kappa shape index (κ3) is 8.55. The molecule has 0 unspecified atom stereocenters. The Balaban J connectivity index is 0.000000207. The minimum atomic E-state index is -1.70. The maximum Gasteiger partial charge on any atom is 0.216 e. The number of hydrogen-bond acceptors (Lipinski definition) is 4. The second-order valence-corrected chi connectivity index (χ2v) is 19.6. The van der Waals surface area contributed by atoms with Crippen LogP contribution in [0.25, 0.3) is 55.8 Å². The molecule has 0 saturated carbocycles. The molecule has 6 heteroatoms. The molecule has 0 spiro atoms. The molecule has 0 aliphatic heterocycles. The van der Waals surface area contributed by atoms with Crippen molar-refractivity contribution in [3.8, 4) is 33.8 Å². The van der Waals surface area contributed by atoms with Crippen molar-refractivity contribution in [3.63, 3.8) is 0 Å². The van der Waals surface area contributed by atoms with Crippen molar-refractivity contribution in [2.75, 3.05) is 0 Å².